The zero-order valence-corrected chi connectivity index (χ0v) is 19.0. The lowest BCUT2D eigenvalue weighted by atomic mass is 10.1. The zero-order chi connectivity index (χ0) is 24.0. The van der Waals surface area contributed by atoms with Crippen LogP contribution in [0.3, 0.4) is 0 Å². The van der Waals surface area contributed by atoms with Crippen molar-refractivity contribution < 1.29 is 26.7 Å². The van der Waals surface area contributed by atoms with E-state index in [2.05, 4.69) is 14.8 Å². The first-order valence-electron chi connectivity index (χ1n) is 10.2. The molecular weight excluding hydrogens is 450 g/mol. The highest BCUT2D eigenvalue weighted by Gasteiger charge is 2.18. The van der Waals surface area contributed by atoms with Crippen LogP contribution in [-0.4, -0.2) is 27.5 Å². The van der Waals surface area contributed by atoms with E-state index in [9.17, 15) is 22.0 Å². The van der Waals surface area contributed by atoms with Crippen molar-refractivity contribution in [1.82, 2.24) is 5.32 Å². The van der Waals surface area contributed by atoms with Gasteiger partial charge in [0, 0.05) is 17.8 Å². The van der Waals surface area contributed by atoms with Crippen LogP contribution < -0.4 is 14.8 Å². The molecule has 0 spiro atoms. The van der Waals surface area contributed by atoms with Gasteiger partial charge in [-0.2, -0.15) is 8.78 Å². The summed E-state index contributed by atoms with van der Waals surface area (Å²) in [5.74, 6) is -0.293. The van der Waals surface area contributed by atoms with Gasteiger partial charge in [0.2, 0.25) is 0 Å². The van der Waals surface area contributed by atoms with E-state index in [1.165, 1.54) is 18.2 Å². The smallest absolute Gasteiger partial charge is 0.387 e. The summed E-state index contributed by atoms with van der Waals surface area (Å²) in [6, 6.07) is 17.6. The molecule has 3 rings (SSSR count). The number of amides is 1. The molecule has 0 fully saturated rings. The summed E-state index contributed by atoms with van der Waals surface area (Å²) in [5, 5.41) is 2.77. The normalized spacial score (nSPS) is 11.3. The molecule has 0 saturated carbocycles. The quantitative estimate of drug-likeness (QED) is 0.472. The van der Waals surface area contributed by atoms with Gasteiger partial charge in [-0.05, 0) is 73.4 Å². The number of anilines is 1. The minimum absolute atomic E-state index is 0.0675. The first-order chi connectivity index (χ1) is 15.6. The van der Waals surface area contributed by atoms with E-state index >= 15 is 0 Å². The van der Waals surface area contributed by atoms with Crippen LogP contribution >= 0.6 is 0 Å². The minimum atomic E-state index is -3.81. The number of aryl methyl sites for hydroxylation is 2. The maximum Gasteiger partial charge on any atom is 0.387 e. The van der Waals surface area contributed by atoms with Crippen molar-refractivity contribution in [1.29, 1.82) is 0 Å². The van der Waals surface area contributed by atoms with E-state index in [0.29, 0.717) is 24.1 Å². The van der Waals surface area contributed by atoms with Gasteiger partial charge in [0.25, 0.3) is 15.9 Å². The second kappa shape index (κ2) is 10.4. The van der Waals surface area contributed by atoms with E-state index in [4.69, 9.17) is 0 Å². The van der Waals surface area contributed by atoms with E-state index in [1.54, 1.807) is 49.4 Å². The Morgan fingerprint density at radius 3 is 2.42 bits per heavy atom. The third kappa shape index (κ3) is 6.76. The Hall–Kier alpha value is -3.46. The van der Waals surface area contributed by atoms with Crippen molar-refractivity contribution in [3.63, 3.8) is 0 Å². The maximum absolute atomic E-state index is 12.8. The molecular formula is C24H24F2N2O4S. The number of rotatable bonds is 9. The van der Waals surface area contributed by atoms with E-state index in [-0.39, 0.29) is 22.2 Å². The molecule has 174 valence electrons. The van der Waals surface area contributed by atoms with Crippen LogP contribution in [0.5, 0.6) is 5.75 Å². The molecule has 6 nitrogen and oxygen atoms in total. The predicted octanol–water partition coefficient (Wildman–Crippen LogP) is 4.68. The van der Waals surface area contributed by atoms with E-state index < -0.39 is 16.6 Å². The minimum Gasteiger partial charge on any atom is -0.435 e. The molecule has 3 aromatic carbocycles. The van der Waals surface area contributed by atoms with Crippen LogP contribution in [0, 0.1) is 13.8 Å². The largest absolute Gasteiger partial charge is 0.435 e. The Morgan fingerprint density at radius 1 is 1.00 bits per heavy atom. The second-order valence-corrected chi connectivity index (χ2v) is 9.13. The molecule has 0 aromatic heterocycles. The molecule has 0 atom stereocenters. The zero-order valence-electron chi connectivity index (χ0n) is 18.1. The maximum atomic E-state index is 12.8. The first kappa shape index (κ1) is 24.2. The van der Waals surface area contributed by atoms with Gasteiger partial charge in [-0.3, -0.25) is 9.52 Å². The second-order valence-electron chi connectivity index (χ2n) is 7.48. The highest BCUT2D eigenvalue weighted by atomic mass is 32.2. The van der Waals surface area contributed by atoms with Crippen LogP contribution in [0.25, 0.3) is 0 Å². The van der Waals surface area contributed by atoms with Crippen molar-refractivity contribution in [2.45, 2.75) is 31.8 Å². The number of ether oxygens (including phenoxy) is 1. The summed E-state index contributed by atoms with van der Waals surface area (Å²) in [7, 11) is -3.81. The molecule has 0 aliphatic rings. The van der Waals surface area contributed by atoms with Crippen LogP contribution in [0.1, 0.15) is 27.0 Å². The molecule has 0 radical (unpaired) electrons. The highest BCUT2D eigenvalue weighted by Crippen LogP contribution is 2.21. The van der Waals surface area contributed by atoms with Crippen molar-refractivity contribution in [2.75, 3.05) is 11.3 Å². The van der Waals surface area contributed by atoms with Crippen molar-refractivity contribution in [2.24, 2.45) is 0 Å². The third-order valence-electron chi connectivity index (χ3n) is 4.86. The Balaban J connectivity index is 1.61. The molecule has 0 bridgehead atoms. The standard InChI is InChI=1S/C24H24F2N2O4S/c1-16-6-7-17(2)22(14-16)33(30,31)28-20-5-3-4-19(15-20)23(29)27-13-12-18-8-10-21(11-9-18)32-24(25)26/h3-11,14-15,24,28H,12-13H2,1-2H3,(H,27,29). The Kier molecular flexibility index (Phi) is 7.65. The number of sulfonamides is 1. The molecule has 0 aliphatic heterocycles. The van der Waals surface area contributed by atoms with Crippen molar-refractivity contribution >= 4 is 21.6 Å². The summed E-state index contributed by atoms with van der Waals surface area (Å²) in [4.78, 5) is 12.7. The molecule has 0 aliphatic carbocycles. The van der Waals surface area contributed by atoms with Crippen LogP contribution in [0.15, 0.2) is 71.6 Å². The number of carbonyl (C=O) groups excluding carboxylic acids is 1. The summed E-state index contributed by atoms with van der Waals surface area (Å²) >= 11 is 0. The molecule has 0 unspecified atom stereocenters. The average Bonchev–Trinajstić information content (AvgIpc) is 2.76. The highest BCUT2D eigenvalue weighted by molar-refractivity contribution is 7.92. The van der Waals surface area contributed by atoms with Crippen molar-refractivity contribution in [3.8, 4) is 5.75 Å². The predicted molar refractivity (Wildman–Crippen MR) is 122 cm³/mol. The van der Waals surface area contributed by atoms with Crippen molar-refractivity contribution in [3.05, 3.63) is 89.0 Å². The number of nitrogens with one attached hydrogen (secondary N) is 2. The number of alkyl halides is 2. The Morgan fingerprint density at radius 2 is 1.73 bits per heavy atom. The lowest BCUT2D eigenvalue weighted by Gasteiger charge is -2.12. The van der Waals surface area contributed by atoms with Gasteiger partial charge in [0.1, 0.15) is 5.75 Å². The van der Waals surface area contributed by atoms with Crippen LogP contribution in [0.4, 0.5) is 14.5 Å². The third-order valence-corrected chi connectivity index (χ3v) is 6.38. The van der Waals surface area contributed by atoms with Gasteiger partial charge < -0.3 is 10.1 Å². The average molecular weight is 475 g/mol. The molecule has 0 heterocycles. The van der Waals surface area contributed by atoms with E-state index in [1.807, 2.05) is 13.0 Å². The summed E-state index contributed by atoms with van der Waals surface area (Å²) in [6.45, 7) is 0.967. The Bertz CT molecular complexity index is 1230. The Labute approximate surface area is 191 Å². The van der Waals surface area contributed by atoms with Crippen LogP contribution in [0.2, 0.25) is 0 Å². The molecule has 33 heavy (non-hydrogen) atoms. The van der Waals surface area contributed by atoms with Gasteiger partial charge in [-0.1, -0.05) is 30.3 Å². The lowest BCUT2D eigenvalue weighted by Crippen LogP contribution is -2.25. The first-order valence-corrected chi connectivity index (χ1v) is 11.6. The fourth-order valence-electron chi connectivity index (χ4n) is 3.19. The van der Waals surface area contributed by atoms with Crippen LogP contribution in [-0.2, 0) is 16.4 Å². The number of hydrogen-bond donors (Lipinski definition) is 2. The number of carbonyl (C=O) groups is 1. The fourth-order valence-corrected chi connectivity index (χ4v) is 4.57. The molecule has 0 saturated heterocycles. The number of benzene rings is 3. The fraction of sp³-hybridized carbons (Fsp3) is 0.208. The van der Waals surface area contributed by atoms with Gasteiger partial charge in [-0.25, -0.2) is 8.42 Å². The molecule has 2 N–H and O–H groups in total. The lowest BCUT2D eigenvalue weighted by molar-refractivity contribution is -0.0498. The number of hydrogen-bond acceptors (Lipinski definition) is 4. The summed E-state index contributed by atoms with van der Waals surface area (Å²) in [5.41, 5.74) is 2.86. The van der Waals surface area contributed by atoms with E-state index in [0.717, 1.165) is 11.1 Å². The topological polar surface area (TPSA) is 84.5 Å². The van der Waals surface area contributed by atoms with Gasteiger partial charge in [-0.15, -0.1) is 0 Å². The number of halogens is 2. The SMILES string of the molecule is Cc1ccc(C)c(S(=O)(=O)Nc2cccc(C(=O)NCCc3ccc(OC(F)F)cc3)c2)c1. The monoisotopic (exact) mass is 474 g/mol. The van der Waals surface area contributed by atoms with Gasteiger partial charge in [0.05, 0.1) is 4.90 Å². The van der Waals surface area contributed by atoms with Gasteiger partial charge >= 0.3 is 6.61 Å². The molecule has 1 amide bonds. The summed E-state index contributed by atoms with van der Waals surface area (Å²) < 4.78 is 56.9. The van der Waals surface area contributed by atoms with Gasteiger partial charge in [0.15, 0.2) is 0 Å². The summed E-state index contributed by atoms with van der Waals surface area (Å²) in [6.07, 6.45) is 0.486. The molecule has 3 aromatic rings. The molecule has 9 heteroatoms.